The van der Waals surface area contributed by atoms with Gasteiger partial charge in [-0.15, -0.1) is 0 Å². The van der Waals surface area contributed by atoms with Crippen LogP contribution in [0.2, 0.25) is 0 Å². The van der Waals surface area contributed by atoms with Crippen molar-refractivity contribution in [3.8, 4) is 11.1 Å². The molecule has 0 aliphatic carbocycles. The van der Waals surface area contributed by atoms with Gasteiger partial charge in [0.25, 0.3) is 0 Å². The topological polar surface area (TPSA) is 0 Å². The molecule has 0 nitrogen and oxygen atoms in total. The van der Waals surface area contributed by atoms with Crippen LogP contribution in [-0.2, 0) is 0 Å². The van der Waals surface area contributed by atoms with Crippen LogP contribution in [0.1, 0.15) is 5.56 Å². The highest BCUT2D eigenvalue weighted by Crippen LogP contribution is 2.37. The van der Waals surface area contributed by atoms with E-state index in [1.165, 1.54) is 5.56 Å². The fourth-order valence-corrected chi connectivity index (χ4v) is 2.18. The van der Waals surface area contributed by atoms with E-state index >= 15 is 0 Å². The monoisotopic (exact) mass is 426 g/mol. The van der Waals surface area contributed by atoms with Crippen molar-refractivity contribution in [3.63, 3.8) is 0 Å². The molecule has 0 heterocycles. The van der Waals surface area contributed by atoms with Crippen molar-refractivity contribution in [1.29, 1.82) is 0 Å². The summed E-state index contributed by atoms with van der Waals surface area (Å²) >= 11 is 0. The SMILES string of the molecule is Cc1ccccc1.Fc1c(F)c(F)c(-c2c(F)c(F)c(F)c(F)c2F)c(F)c1F. The van der Waals surface area contributed by atoms with Gasteiger partial charge in [-0.05, 0) is 6.92 Å². The molecule has 0 saturated carbocycles. The minimum absolute atomic E-state index is 1.32. The van der Waals surface area contributed by atoms with E-state index in [0.717, 1.165) is 0 Å². The van der Waals surface area contributed by atoms with Gasteiger partial charge in [0.2, 0.25) is 11.6 Å². The molecule has 0 bridgehead atoms. The van der Waals surface area contributed by atoms with Crippen LogP contribution in [0.15, 0.2) is 30.3 Å². The van der Waals surface area contributed by atoms with E-state index in [0.29, 0.717) is 0 Å². The van der Waals surface area contributed by atoms with Crippen molar-refractivity contribution >= 4 is 0 Å². The second-order valence-electron chi connectivity index (χ2n) is 5.54. The van der Waals surface area contributed by atoms with Crippen LogP contribution in [0, 0.1) is 65.1 Å². The maximum Gasteiger partial charge on any atom is 0.200 e. The van der Waals surface area contributed by atoms with Crippen LogP contribution in [0.3, 0.4) is 0 Å². The van der Waals surface area contributed by atoms with E-state index in [-0.39, 0.29) is 0 Å². The molecule has 0 N–H and O–H groups in total. The summed E-state index contributed by atoms with van der Waals surface area (Å²) in [6.45, 7) is 2.08. The summed E-state index contributed by atoms with van der Waals surface area (Å²) in [4.78, 5) is 0. The number of halogens is 10. The molecule has 10 heteroatoms. The van der Waals surface area contributed by atoms with Crippen molar-refractivity contribution in [2.24, 2.45) is 0 Å². The molecule has 0 aromatic heterocycles. The van der Waals surface area contributed by atoms with Crippen LogP contribution in [0.4, 0.5) is 43.9 Å². The van der Waals surface area contributed by atoms with Crippen molar-refractivity contribution in [1.82, 2.24) is 0 Å². The molecular formula is C19H8F10. The van der Waals surface area contributed by atoms with E-state index in [4.69, 9.17) is 0 Å². The fraction of sp³-hybridized carbons (Fsp3) is 0.0526. The molecular weight excluding hydrogens is 418 g/mol. The first-order valence-corrected chi connectivity index (χ1v) is 7.55. The number of hydrogen-bond acceptors (Lipinski definition) is 0. The summed E-state index contributed by atoms with van der Waals surface area (Å²) in [6, 6.07) is 10.3. The lowest BCUT2D eigenvalue weighted by atomic mass is 10.0. The first-order valence-electron chi connectivity index (χ1n) is 7.55. The van der Waals surface area contributed by atoms with Gasteiger partial charge in [-0.2, -0.15) is 0 Å². The minimum Gasteiger partial charge on any atom is -0.203 e. The van der Waals surface area contributed by atoms with E-state index in [1.807, 2.05) is 18.2 Å². The predicted octanol–water partition coefficient (Wildman–Crippen LogP) is 6.74. The van der Waals surface area contributed by atoms with Crippen LogP contribution in [-0.4, -0.2) is 0 Å². The lowest BCUT2D eigenvalue weighted by Crippen LogP contribution is -2.10. The highest BCUT2D eigenvalue weighted by Gasteiger charge is 2.34. The Kier molecular flexibility index (Phi) is 6.55. The Balaban J connectivity index is 0.000000360. The van der Waals surface area contributed by atoms with Gasteiger partial charge in [-0.3, -0.25) is 0 Å². The summed E-state index contributed by atoms with van der Waals surface area (Å²) in [5, 5.41) is 0. The molecule has 154 valence electrons. The quantitative estimate of drug-likeness (QED) is 0.230. The number of hydrogen-bond donors (Lipinski definition) is 0. The molecule has 3 aromatic carbocycles. The normalized spacial score (nSPS) is 10.6. The Morgan fingerprint density at radius 1 is 0.379 bits per heavy atom. The Morgan fingerprint density at radius 3 is 0.828 bits per heavy atom. The van der Waals surface area contributed by atoms with Gasteiger partial charge in [0.15, 0.2) is 46.5 Å². The minimum atomic E-state index is -2.68. The Labute approximate surface area is 157 Å². The molecule has 3 aromatic rings. The number of rotatable bonds is 1. The molecule has 0 aliphatic heterocycles. The summed E-state index contributed by atoms with van der Waals surface area (Å²) < 4.78 is 131. The molecule has 0 fully saturated rings. The van der Waals surface area contributed by atoms with Crippen LogP contribution < -0.4 is 0 Å². The third-order valence-corrected chi connectivity index (χ3v) is 3.61. The van der Waals surface area contributed by atoms with Gasteiger partial charge in [0, 0.05) is 0 Å². The molecule has 0 aliphatic rings. The van der Waals surface area contributed by atoms with Crippen molar-refractivity contribution < 1.29 is 43.9 Å². The first-order chi connectivity index (χ1) is 13.5. The van der Waals surface area contributed by atoms with Crippen molar-refractivity contribution in [2.75, 3.05) is 0 Å². The third kappa shape index (κ3) is 4.06. The first kappa shape index (κ1) is 22.3. The Hall–Kier alpha value is -3.04. The molecule has 3 rings (SSSR count). The standard InChI is InChI=1S/C12F10.C7H8/c13-3-1(4(14)8(18)11(21)7(3)17)2-5(15)9(19)12(22)10(20)6(2)16;1-7-5-3-2-4-6-7/h;2-6H,1H3. The van der Waals surface area contributed by atoms with E-state index in [1.54, 1.807) is 0 Å². The van der Waals surface area contributed by atoms with E-state index in [2.05, 4.69) is 19.1 Å². The largest absolute Gasteiger partial charge is 0.203 e. The maximum absolute atomic E-state index is 13.4. The summed E-state index contributed by atoms with van der Waals surface area (Å²) in [6.07, 6.45) is 0. The van der Waals surface area contributed by atoms with E-state index < -0.39 is 69.3 Å². The van der Waals surface area contributed by atoms with Crippen molar-refractivity contribution in [3.05, 3.63) is 94.1 Å². The lowest BCUT2D eigenvalue weighted by Gasteiger charge is -2.11. The average Bonchev–Trinajstić information content (AvgIpc) is 2.71. The number of aryl methyl sites for hydroxylation is 1. The second kappa shape index (κ2) is 8.54. The zero-order valence-electron chi connectivity index (χ0n) is 14.2. The Morgan fingerprint density at radius 2 is 0.621 bits per heavy atom. The predicted molar refractivity (Wildman–Crippen MR) is 82.6 cm³/mol. The summed E-state index contributed by atoms with van der Waals surface area (Å²) in [5.41, 5.74) is -3.20. The van der Waals surface area contributed by atoms with Gasteiger partial charge in [0.1, 0.15) is 0 Å². The summed E-state index contributed by atoms with van der Waals surface area (Å²) in [5.74, 6) is -26.6. The van der Waals surface area contributed by atoms with Gasteiger partial charge >= 0.3 is 0 Å². The fourth-order valence-electron chi connectivity index (χ4n) is 2.18. The van der Waals surface area contributed by atoms with Crippen LogP contribution >= 0.6 is 0 Å². The number of benzene rings is 3. The summed E-state index contributed by atoms with van der Waals surface area (Å²) in [7, 11) is 0. The van der Waals surface area contributed by atoms with Crippen LogP contribution in [0.5, 0.6) is 0 Å². The van der Waals surface area contributed by atoms with Gasteiger partial charge < -0.3 is 0 Å². The van der Waals surface area contributed by atoms with E-state index in [9.17, 15) is 43.9 Å². The smallest absolute Gasteiger partial charge is 0.200 e. The molecule has 29 heavy (non-hydrogen) atoms. The molecule has 0 unspecified atom stereocenters. The third-order valence-electron chi connectivity index (χ3n) is 3.61. The van der Waals surface area contributed by atoms with Gasteiger partial charge in [-0.1, -0.05) is 35.9 Å². The molecule has 0 saturated heterocycles. The van der Waals surface area contributed by atoms with Gasteiger partial charge in [0.05, 0.1) is 11.1 Å². The highest BCUT2D eigenvalue weighted by atomic mass is 19.2. The Bertz CT molecular complexity index is 935. The highest BCUT2D eigenvalue weighted by molar-refractivity contribution is 5.67. The molecule has 0 atom stereocenters. The van der Waals surface area contributed by atoms with Gasteiger partial charge in [-0.25, -0.2) is 43.9 Å². The molecule has 0 amide bonds. The van der Waals surface area contributed by atoms with Crippen LogP contribution in [0.25, 0.3) is 11.1 Å². The zero-order valence-corrected chi connectivity index (χ0v) is 14.2. The zero-order chi connectivity index (χ0) is 22.0. The molecule has 0 radical (unpaired) electrons. The lowest BCUT2D eigenvalue weighted by molar-refractivity contribution is 0.370. The second-order valence-corrected chi connectivity index (χ2v) is 5.54. The van der Waals surface area contributed by atoms with Crippen molar-refractivity contribution in [2.45, 2.75) is 6.92 Å². The maximum atomic E-state index is 13.4. The molecule has 0 spiro atoms. The average molecular weight is 426 g/mol.